The van der Waals surface area contributed by atoms with Crippen LogP contribution in [0.2, 0.25) is 0 Å². The molecule has 0 aliphatic heterocycles. The van der Waals surface area contributed by atoms with E-state index in [1.54, 1.807) is 0 Å². The Morgan fingerprint density at radius 2 is 0.740 bits per heavy atom. The minimum Gasteiger partial charge on any atom is -0.456 e. The molecule has 11 aromatic carbocycles. The van der Waals surface area contributed by atoms with Gasteiger partial charge in [0.2, 0.25) is 0 Å². The van der Waals surface area contributed by atoms with Gasteiger partial charge in [-0.3, -0.25) is 0 Å². The first-order valence-electron chi connectivity index (χ1n) is 25.0. The van der Waals surface area contributed by atoms with Gasteiger partial charge in [-0.2, -0.15) is 0 Å². The molecule has 0 saturated heterocycles. The minimum absolute atomic E-state index is 0.836. The van der Waals surface area contributed by atoms with Gasteiger partial charge < -0.3 is 27.5 Å². The highest BCUT2D eigenvalue weighted by atomic mass is 16.3. The summed E-state index contributed by atoms with van der Waals surface area (Å²) >= 11 is 0. The molecule has 0 aliphatic carbocycles. The van der Waals surface area contributed by atoms with Crippen LogP contribution in [-0.4, -0.2) is 0 Å². The van der Waals surface area contributed by atoms with E-state index in [1.807, 2.05) is 24.3 Å². The zero-order chi connectivity index (χ0) is 48.8. The van der Waals surface area contributed by atoms with Crippen LogP contribution in [0.3, 0.4) is 0 Å². The molecule has 0 saturated carbocycles. The van der Waals surface area contributed by atoms with E-state index in [1.165, 1.54) is 22.3 Å². The summed E-state index contributed by atoms with van der Waals surface area (Å²) in [5.74, 6) is 0. The summed E-state index contributed by atoms with van der Waals surface area (Å²) in [5, 5.41) is 13.0. The predicted molar refractivity (Wildman–Crippen MR) is 304 cm³/mol. The van der Waals surface area contributed by atoms with Crippen molar-refractivity contribution < 1.29 is 17.7 Å². The number of hydrogen-bond acceptors (Lipinski definition) is 6. The highest BCUT2D eigenvalue weighted by molar-refractivity contribution is 6.20. The molecule has 0 aliphatic rings. The molecule has 0 radical (unpaired) electrons. The molecule has 0 amide bonds. The number of rotatable bonds is 6. The van der Waals surface area contributed by atoms with Crippen molar-refractivity contribution in [3.05, 3.63) is 216 Å². The van der Waals surface area contributed by atoms with Gasteiger partial charge in [0.05, 0.1) is 22.7 Å². The molecule has 0 fully saturated rings. The molecule has 4 aromatic heterocycles. The fraction of sp³-hybridized carbons (Fsp3) is 0.0746. The van der Waals surface area contributed by atoms with Gasteiger partial charge in [0, 0.05) is 60.0 Å². The van der Waals surface area contributed by atoms with Gasteiger partial charge in [-0.1, -0.05) is 109 Å². The summed E-state index contributed by atoms with van der Waals surface area (Å²) in [4.78, 5) is 4.71. The number of anilines is 6. The summed E-state index contributed by atoms with van der Waals surface area (Å²) in [6.07, 6.45) is 0. The van der Waals surface area contributed by atoms with Crippen LogP contribution in [-0.2, 0) is 0 Å². The smallest absolute Gasteiger partial charge is 0.159 e. The lowest BCUT2D eigenvalue weighted by Crippen LogP contribution is -2.13. The monoisotopic (exact) mass is 942 g/mol. The van der Waals surface area contributed by atoms with Crippen molar-refractivity contribution in [2.75, 3.05) is 9.80 Å². The highest BCUT2D eigenvalue weighted by Crippen LogP contribution is 2.49. The van der Waals surface area contributed by atoms with Gasteiger partial charge in [-0.15, -0.1) is 0 Å². The lowest BCUT2D eigenvalue weighted by molar-refractivity contribution is 0.662. The maximum atomic E-state index is 6.92. The van der Waals surface area contributed by atoms with E-state index in [-0.39, 0.29) is 0 Å². The van der Waals surface area contributed by atoms with Gasteiger partial charge in [0.1, 0.15) is 33.5 Å². The van der Waals surface area contributed by atoms with Crippen LogP contribution in [0.5, 0.6) is 0 Å². The van der Waals surface area contributed by atoms with Gasteiger partial charge in [-0.05, 0) is 157 Å². The number of para-hydroxylation sites is 6. The number of nitrogens with zero attached hydrogens (tertiary/aromatic N) is 2. The van der Waals surface area contributed by atoms with E-state index in [2.05, 4.69) is 208 Å². The molecule has 15 rings (SSSR count). The quantitative estimate of drug-likeness (QED) is 0.166. The van der Waals surface area contributed by atoms with Crippen molar-refractivity contribution in [1.82, 2.24) is 0 Å². The Balaban J connectivity index is 0.861. The van der Waals surface area contributed by atoms with Crippen LogP contribution < -0.4 is 9.80 Å². The van der Waals surface area contributed by atoms with E-state index in [0.29, 0.717) is 0 Å². The molecule has 6 nitrogen and oxygen atoms in total. The number of hydrogen-bond donors (Lipinski definition) is 0. The molecule has 6 heteroatoms. The van der Waals surface area contributed by atoms with E-state index in [0.717, 1.165) is 149 Å². The molecular formula is C67H46N2O4. The van der Waals surface area contributed by atoms with Crippen molar-refractivity contribution >= 4 is 143 Å². The van der Waals surface area contributed by atoms with E-state index in [4.69, 9.17) is 17.7 Å². The number of aryl methyl sites for hydroxylation is 5. The Bertz CT molecular complexity index is 4600. The normalized spacial score (nSPS) is 12.2. The van der Waals surface area contributed by atoms with E-state index in [9.17, 15) is 0 Å². The summed E-state index contributed by atoms with van der Waals surface area (Å²) in [6.45, 7) is 10.9. The lowest BCUT2D eigenvalue weighted by Gasteiger charge is -2.29. The van der Waals surface area contributed by atoms with Crippen molar-refractivity contribution in [2.45, 2.75) is 34.6 Å². The fourth-order valence-electron chi connectivity index (χ4n) is 12.0. The van der Waals surface area contributed by atoms with Crippen molar-refractivity contribution in [1.29, 1.82) is 0 Å². The zero-order valence-corrected chi connectivity index (χ0v) is 40.9. The Labute approximate surface area is 419 Å². The van der Waals surface area contributed by atoms with Crippen LogP contribution in [0.15, 0.2) is 206 Å². The SMILES string of the molecule is Cc1cccc(C)c1N(c1ccc2cc3c(cc2c1)oc1c(C)c2c(cc13)oc1cc3cc(N(c4c(C)cccc4C)c4cccc5c4oc4ccccc45)ccc3cc12)c1cccc2c1oc1ccccc12. The Morgan fingerprint density at radius 1 is 0.288 bits per heavy atom. The second kappa shape index (κ2) is 15.4. The fourth-order valence-corrected chi connectivity index (χ4v) is 12.0. The third kappa shape index (κ3) is 6.10. The van der Waals surface area contributed by atoms with E-state index >= 15 is 0 Å². The average Bonchev–Trinajstić information content (AvgIpc) is 4.17. The Kier molecular flexibility index (Phi) is 8.74. The number of furan rings is 4. The van der Waals surface area contributed by atoms with E-state index < -0.39 is 0 Å². The third-order valence-corrected chi connectivity index (χ3v) is 15.4. The van der Waals surface area contributed by atoms with Crippen molar-refractivity contribution in [3.8, 4) is 0 Å². The molecule has 0 bridgehead atoms. The first-order valence-corrected chi connectivity index (χ1v) is 25.0. The zero-order valence-electron chi connectivity index (χ0n) is 40.9. The summed E-state index contributed by atoms with van der Waals surface area (Å²) < 4.78 is 27.1. The van der Waals surface area contributed by atoms with Crippen LogP contribution in [0, 0.1) is 34.6 Å². The van der Waals surface area contributed by atoms with Crippen LogP contribution >= 0.6 is 0 Å². The molecule has 348 valence electrons. The van der Waals surface area contributed by atoms with Gasteiger partial charge in [-0.25, -0.2) is 0 Å². The molecule has 4 heterocycles. The summed E-state index contributed by atoms with van der Waals surface area (Å²) in [7, 11) is 0. The molecule has 0 unspecified atom stereocenters. The topological polar surface area (TPSA) is 59.0 Å². The number of fused-ring (bicyclic) bond motifs is 14. The molecule has 0 spiro atoms. The van der Waals surface area contributed by atoms with Crippen molar-refractivity contribution in [2.24, 2.45) is 0 Å². The summed E-state index contributed by atoms with van der Waals surface area (Å²) in [6, 6.07) is 67.0. The molecule has 73 heavy (non-hydrogen) atoms. The number of benzene rings is 11. The minimum atomic E-state index is 0.836. The predicted octanol–water partition coefficient (Wildman–Crippen LogP) is 20.1. The third-order valence-electron chi connectivity index (χ3n) is 15.4. The largest absolute Gasteiger partial charge is 0.456 e. The van der Waals surface area contributed by atoms with Gasteiger partial charge in [0.15, 0.2) is 11.2 Å². The molecule has 0 atom stereocenters. The lowest BCUT2D eigenvalue weighted by atomic mass is 9.99. The maximum absolute atomic E-state index is 6.92. The molecular weight excluding hydrogens is 897 g/mol. The Hall–Kier alpha value is -9.26. The van der Waals surface area contributed by atoms with Crippen LogP contribution in [0.25, 0.3) is 109 Å². The summed E-state index contributed by atoms with van der Waals surface area (Å²) in [5.41, 5.74) is 18.9. The molecule has 0 N–H and O–H groups in total. The van der Waals surface area contributed by atoms with Crippen LogP contribution in [0.4, 0.5) is 34.1 Å². The average molecular weight is 943 g/mol. The van der Waals surface area contributed by atoms with Gasteiger partial charge >= 0.3 is 0 Å². The first-order chi connectivity index (χ1) is 35.7. The second-order valence-corrected chi connectivity index (χ2v) is 19.9. The van der Waals surface area contributed by atoms with Crippen LogP contribution in [0.1, 0.15) is 27.8 Å². The maximum Gasteiger partial charge on any atom is 0.159 e. The Morgan fingerprint density at radius 3 is 1.27 bits per heavy atom. The van der Waals surface area contributed by atoms with Gasteiger partial charge in [0.25, 0.3) is 0 Å². The highest BCUT2D eigenvalue weighted by Gasteiger charge is 2.26. The van der Waals surface area contributed by atoms with Crippen molar-refractivity contribution in [3.63, 3.8) is 0 Å². The molecule has 15 aromatic rings. The first kappa shape index (κ1) is 41.5. The second-order valence-electron chi connectivity index (χ2n) is 19.9. The standard InChI is InChI=1S/C67H46N2O4/c1-37-14-10-15-38(2)63(37)68(55-22-12-20-50-48-18-6-8-24-57(48)71-66(50)55)46-28-26-42-32-52-53-36-61-62(41(5)65(53)73-59(52)34-44(42)30-46)54-33-43-27-29-47(31-45(43)35-60(54)70-61)69(64-39(3)16-11-17-40(64)4)56-23-13-21-51-49-19-7-9-25-58(49)72-67(51)56/h6-36H,1-5H3.